The third-order valence-electron chi connectivity index (χ3n) is 1.26. The average Bonchev–Trinajstić information content (AvgIpc) is 2.00. The number of likely N-dealkylation sites (N-methyl/N-ethyl adjacent to an activating group) is 1. The van der Waals surface area contributed by atoms with Crippen molar-refractivity contribution < 1.29 is 9.59 Å². The molecule has 12 heavy (non-hydrogen) atoms. The predicted octanol–water partition coefficient (Wildman–Crippen LogP) is 0.750. The van der Waals surface area contributed by atoms with E-state index < -0.39 is 6.03 Å². The third kappa shape index (κ3) is 3.18. The molecule has 0 fully saturated rings. The van der Waals surface area contributed by atoms with Crippen LogP contribution >= 0.6 is 0 Å². The van der Waals surface area contributed by atoms with Gasteiger partial charge in [-0.25, -0.2) is 4.79 Å². The number of hydrogen-bond donors (Lipinski definition) is 1. The minimum absolute atomic E-state index is 0.311. The first-order chi connectivity index (χ1) is 5.49. The van der Waals surface area contributed by atoms with E-state index in [4.69, 9.17) is 0 Å². The van der Waals surface area contributed by atoms with Gasteiger partial charge in [0.05, 0.1) is 0 Å². The molecule has 68 valence electrons. The quantitative estimate of drug-likeness (QED) is 0.590. The third-order valence-corrected chi connectivity index (χ3v) is 1.26. The topological polar surface area (TPSA) is 49.4 Å². The molecule has 0 aliphatic heterocycles. The number of imide groups is 1. The van der Waals surface area contributed by atoms with Gasteiger partial charge in [0.25, 0.3) is 5.91 Å². The molecule has 0 aliphatic carbocycles. The molecule has 4 heteroatoms. The van der Waals surface area contributed by atoms with Crippen molar-refractivity contribution in [3.05, 3.63) is 11.6 Å². The van der Waals surface area contributed by atoms with E-state index in [0.717, 1.165) is 10.5 Å². The van der Waals surface area contributed by atoms with Gasteiger partial charge in [-0.05, 0) is 13.8 Å². The van der Waals surface area contributed by atoms with Gasteiger partial charge in [-0.15, -0.1) is 0 Å². The fourth-order valence-electron chi connectivity index (χ4n) is 0.612. The van der Waals surface area contributed by atoms with Gasteiger partial charge in [-0.1, -0.05) is 5.57 Å². The maximum atomic E-state index is 11.1. The average molecular weight is 170 g/mol. The van der Waals surface area contributed by atoms with Gasteiger partial charge < -0.3 is 5.32 Å². The molecule has 0 saturated carbocycles. The van der Waals surface area contributed by atoms with Gasteiger partial charge in [0.15, 0.2) is 0 Å². The summed E-state index contributed by atoms with van der Waals surface area (Å²) in [7, 11) is 2.91. The Bertz CT molecular complexity index is 217. The highest BCUT2D eigenvalue weighted by Gasteiger charge is 2.11. The van der Waals surface area contributed by atoms with Crippen molar-refractivity contribution >= 4 is 11.9 Å². The summed E-state index contributed by atoms with van der Waals surface area (Å²) in [6, 6.07) is -0.405. The second-order valence-corrected chi connectivity index (χ2v) is 2.67. The molecule has 0 aromatic carbocycles. The van der Waals surface area contributed by atoms with Gasteiger partial charge in [-0.2, -0.15) is 0 Å². The van der Waals surface area contributed by atoms with Gasteiger partial charge >= 0.3 is 6.03 Å². The lowest BCUT2D eigenvalue weighted by Gasteiger charge is -2.11. The highest BCUT2D eigenvalue weighted by molar-refractivity contribution is 6.00. The first-order valence-electron chi connectivity index (χ1n) is 3.63. The second-order valence-electron chi connectivity index (χ2n) is 2.67. The lowest BCUT2D eigenvalue weighted by atomic mass is 10.3. The maximum Gasteiger partial charge on any atom is 0.323 e. The van der Waals surface area contributed by atoms with E-state index in [-0.39, 0.29) is 5.91 Å². The smallest absolute Gasteiger partial charge is 0.323 e. The molecular weight excluding hydrogens is 156 g/mol. The van der Waals surface area contributed by atoms with E-state index in [2.05, 4.69) is 5.32 Å². The Morgan fingerprint density at radius 1 is 1.33 bits per heavy atom. The van der Waals surface area contributed by atoms with E-state index >= 15 is 0 Å². The van der Waals surface area contributed by atoms with Crippen LogP contribution in [0.1, 0.15) is 13.8 Å². The number of hydrogen-bond acceptors (Lipinski definition) is 2. The minimum atomic E-state index is -0.405. The van der Waals surface area contributed by atoms with Gasteiger partial charge in [0, 0.05) is 20.2 Å². The minimum Gasteiger partial charge on any atom is -0.341 e. The molecular formula is C8H14N2O2. The number of allylic oxidation sites excluding steroid dienone is 1. The van der Waals surface area contributed by atoms with Gasteiger partial charge in [-0.3, -0.25) is 9.69 Å². The zero-order chi connectivity index (χ0) is 9.72. The molecule has 1 N–H and O–H groups in total. The predicted molar refractivity (Wildman–Crippen MR) is 46.7 cm³/mol. The number of urea groups is 1. The summed E-state index contributed by atoms with van der Waals surface area (Å²) in [5.41, 5.74) is 0.871. The monoisotopic (exact) mass is 170 g/mol. The van der Waals surface area contributed by atoms with Crippen molar-refractivity contribution in [3.63, 3.8) is 0 Å². The number of carbonyl (C=O) groups is 2. The summed E-state index contributed by atoms with van der Waals surface area (Å²) >= 11 is 0. The van der Waals surface area contributed by atoms with Crippen molar-refractivity contribution in [2.75, 3.05) is 14.1 Å². The normalized spacial score (nSPS) is 8.67. The second kappa shape index (κ2) is 4.54. The van der Waals surface area contributed by atoms with Crippen LogP contribution in [-0.2, 0) is 4.79 Å². The highest BCUT2D eigenvalue weighted by atomic mass is 16.2. The van der Waals surface area contributed by atoms with Crippen molar-refractivity contribution in [1.29, 1.82) is 0 Å². The van der Waals surface area contributed by atoms with Crippen LogP contribution in [0, 0.1) is 0 Å². The number of rotatable bonds is 1. The van der Waals surface area contributed by atoms with E-state index in [0.29, 0.717) is 0 Å². The van der Waals surface area contributed by atoms with E-state index in [1.54, 1.807) is 13.8 Å². The fraction of sp³-hybridized carbons (Fsp3) is 0.500. The fourth-order valence-corrected chi connectivity index (χ4v) is 0.612. The standard InChI is InChI=1S/C8H14N2O2/c1-6(2)5-7(11)10(4)8(12)9-3/h5H,1-4H3,(H,9,12). The number of amides is 3. The first-order valence-corrected chi connectivity index (χ1v) is 3.63. The molecule has 0 unspecified atom stereocenters. The highest BCUT2D eigenvalue weighted by Crippen LogP contribution is 1.93. The Labute approximate surface area is 72.2 Å². The number of nitrogens with one attached hydrogen (secondary N) is 1. The number of nitrogens with zero attached hydrogens (tertiary/aromatic N) is 1. The van der Waals surface area contributed by atoms with Gasteiger partial charge in [0.1, 0.15) is 0 Å². The zero-order valence-corrected chi connectivity index (χ0v) is 7.84. The Hall–Kier alpha value is -1.32. The van der Waals surface area contributed by atoms with Crippen LogP contribution in [0.25, 0.3) is 0 Å². The van der Waals surface area contributed by atoms with Crippen LogP contribution < -0.4 is 5.32 Å². The molecule has 0 heterocycles. The lowest BCUT2D eigenvalue weighted by molar-refractivity contribution is -0.122. The first kappa shape index (κ1) is 10.7. The Morgan fingerprint density at radius 2 is 1.83 bits per heavy atom. The summed E-state index contributed by atoms with van der Waals surface area (Å²) in [6.07, 6.45) is 1.41. The molecule has 0 radical (unpaired) electrons. The van der Waals surface area contributed by atoms with Crippen molar-refractivity contribution in [3.8, 4) is 0 Å². The summed E-state index contributed by atoms with van der Waals surface area (Å²) in [5, 5.41) is 2.36. The van der Waals surface area contributed by atoms with Crippen LogP contribution in [0.5, 0.6) is 0 Å². The SMILES string of the molecule is CNC(=O)N(C)C(=O)C=C(C)C. The molecule has 0 aromatic heterocycles. The van der Waals surface area contributed by atoms with Crippen molar-refractivity contribution in [2.24, 2.45) is 0 Å². The Kier molecular flexibility index (Phi) is 4.04. The van der Waals surface area contributed by atoms with Crippen LogP contribution in [0.4, 0.5) is 4.79 Å². The molecule has 0 bridgehead atoms. The molecule has 0 aliphatic rings. The lowest BCUT2D eigenvalue weighted by Crippen LogP contribution is -2.38. The van der Waals surface area contributed by atoms with E-state index in [9.17, 15) is 9.59 Å². The molecule has 0 spiro atoms. The van der Waals surface area contributed by atoms with Crippen LogP contribution in [0.15, 0.2) is 11.6 Å². The van der Waals surface area contributed by atoms with Gasteiger partial charge in [0.2, 0.25) is 0 Å². The molecule has 0 saturated heterocycles. The summed E-state index contributed by atoms with van der Waals surface area (Å²) < 4.78 is 0. The van der Waals surface area contributed by atoms with Crippen LogP contribution in [-0.4, -0.2) is 30.9 Å². The molecule has 0 aromatic rings. The largest absolute Gasteiger partial charge is 0.341 e. The van der Waals surface area contributed by atoms with Crippen molar-refractivity contribution in [2.45, 2.75) is 13.8 Å². The van der Waals surface area contributed by atoms with E-state index in [1.807, 2.05) is 0 Å². The zero-order valence-electron chi connectivity index (χ0n) is 7.84. The molecule has 0 rings (SSSR count). The van der Waals surface area contributed by atoms with E-state index in [1.165, 1.54) is 20.2 Å². The maximum absolute atomic E-state index is 11.1. The molecule has 4 nitrogen and oxygen atoms in total. The Morgan fingerprint density at radius 3 is 2.17 bits per heavy atom. The molecule has 3 amide bonds. The summed E-state index contributed by atoms with van der Waals surface area (Å²) in [4.78, 5) is 23.1. The van der Waals surface area contributed by atoms with Crippen LogP contribution in [0.3, 0.4) is 0 Å². The van der Waals surface area contributed by atoms with Crippen molar-refractivity contribution in [1.82, 2.24) is 10.2 Å². The Balaban J connectivity index is 4.30. The summed E-state index contributed by atoms with van der Waals surface area (Å²) in [5.74, 6) is -0.311. The molecule has 0 atom stereocenters. The number of carbonyl (C=O) groups excluding carboxylic acids is 2. The summed E-state index contributed by atoms with van der Waals surface area (Å²) in [6.45, 7) is 3.60. The van der Waals surface area contributed by atoms with Crippen LogP contribution in [0.2, 0.25) is 0 Å².